The lowest BCUT2D eigenvalue weighted by atomic mass is 10.1. The van der Waals surface area contributed by atoms with Crippen LogP contribution in [0.1, 0.15) is 17.4 Å². The number of aliphatic hydroxyl groups excluding tert-OH is 2. The number of nitrogens with one attached hydrogen (secondary N) is 1. The summed E-state index contributed by atoms with van der Waals surface area (Å²) in [7, 11) is 0. The SMILES string of the molecule is O=C(NCC(O)C(O)c1cnc2ccc(Cl)nn12)OCc1ccccc1. The summed E-state index contributed by atoms with van der Waals surface area (Å²) < 4.78 is 6.38. The van der Waals surface area contributed by atoms with Gasteiger partial charge < -0.3 is 20.3 Å². The second kappa shape index (κ2) is 8.13. The van der Waals surface area contributed by atoms with Gasteiger partial charge >= 0.3 is 6.09 Å². The first-order valence-electron chi connectivity index (χ1n) is 7.85. The molecule has 0 spiro atoms. The first-order valence-corrected chi connectivity index (χ1v) is 8.23. The molecule has 9 heteroatoms. The molecule has 2 aromatic heterocycles. The van der Waals surface area contributed by atoms with Gasteiger partial charge in [-0.25, -0.2) is 14.3 Å². The number of carbonyl (C=O) groups is 1. The molecule has 1 amide bonds. The predicted octanol–water partition coefficient (Wildman–Crippen LogP) is 1.70. The lowest BCUT2D eigenvalue weighted by Gasteiger charge is -2.17. The van der Waals surface area contributed by atoms with Crippen molar-refractivity contribution in [2.45, 2.75) is 18.8 Å². The fourth-order valence-electron chi connectivity index (χ4n) is 2.34. The Balaban J connectivity index is 1.54. The average molecular weight is 377 g/mol. The number of nitrogens with zero attached hydrogens (tertiary/aromatic N) is 3. The average Bonchev–Trinajstić information content (AvgIpc) is 3.07. The van der Waals surface area contributed by atoms with E-state index >= 15 is 0 Å². The van der Waals surface area contributed by atoms with Crippen molar-refractivity contribution in [3.63, 3.8) is 0 Å². The number of rotatable bonds is 6. The zero-order chi connectivity index (χ0) is 18.5. The highest BCUT2D eigenvalue weighted by atomic mass is 35.5. The molecular formula is C17H17ClN4O4. The molecule has 0 bridgehead atoms. The minimum absolute atomic E-state index is 0.112. The van der Waals surface area contributed by atoms with E-state index in [1.54, 1.807) is 12.1 Å². The number of aliphatic hydroxyl groups is 2. The number of carbonyl (C=O) groups excluding carboxylic acids is 1. The van der Waals surface area contributed by atoms with Crippen LogP contribution in [-0.2, 0) is 11.3 Å². The lowest BCUT2D eigenvalue weighted by molar-refractivity contribution is 0.0149. The van der Waals surface area contributed by atoms with Crippen LogP contribution >= 0.6 is 11.6 Å². The number of hydrogen-bond acceptors (Lipinski definition) is 6. The van der Waals surface area contributed by atoms with Gasteiger partial charge in [0, 0.05) is 6.54 Å². The third kappa shape index (κ3) is 4.29. The molecule has 0 aliphatic carbocycles. The molecule has 0 radical (unpaired) electrons. The van der Waals surface area contributed by atoms with Crippen molar-refractivity contribution in [1.29, 1.82) is 0 Å². The molecule has 136 valence electrons. The van der Waals surface area contributed by atoms with Gasteiger partial charge in [-0.2, -0.15) is 5.10 Å². The minimum Gasteiger partial charge on any atom is -0.445 e. The smallest absolute Gasteiger partial charge is 0.407 e. The molecule has 0 aliphatic heterocycles. The lowest BCUT2D eigenvalue weighted by Crippen LogP contribution is -2.36. The van der Waals surface area contributed by atoms with Gasteiger partial charge in [0.05, 0.1) is 11.9 Å². The van der Waals surface area contributed by atoms with Gasteiger partial charge in [-0.3, -0.25) is 0 Å². The predicted molar refractivity (Wildman–Crippen MR) is 93.6 cm³/mol. The zero-order valence-corrected chi connectivity index (χ0v) is 14.4. The summed E-state index contributed by atoms with van der Waals surface area (Å²) in [5, 5.41) is 27.1. The van der Waals surface area contributed by atoms with Crippen molar-refractivity contribution in [3.05, 3.63) is 65.1 Å². The Hall–Kier alpha value is -2.68. The molecule has 3 aromatic rings. The van der Waals surface area contributed by atoms with E-state index < -0.39 is 18.3 Å². The molecule has 26 heavy (non-hydrogen) atoms. The van der Waals surface area contributed by atoms with E-state index in [1.165, 1.54) is 10.7 Å². The minimum atomic E-state index is -1.31. The van der Waals surface area contributed by atoms with Gasteiger partial charge in [-0.15, -0.1) is 0 Å². The first-order chi connectivity index (χ1) is 12.5. The van der Waals surface area contributed by atoms with Gasteiger partial charge in [0.25, 0.3) is 0 Å². The van der Waals surface area contributed by atoms with Crippen molar-refractivity contribution in [3.8, 4) is 0 Å². The third-order valence-electron chi connectivity index (χ3n) is 3.69. The maximum atomic E-state index is 11.7. The molecule has 3 rings (SSSR count). The fraction of sp³-hybridized carbons (Fsp3) is 0.235. The normalized spacial score (nSPS) is 13.3. The molecule has 0 fully saturated rings. The number of halogens is 1. The Morgan fingerprint density at radius 1 is 1.23 bits per heavy atom. The van der Waals surface area contributed by atoms with E-state index in [9.17, 15) is 15.0 Å². The number of alkyl carbamates (subject to hydrolysis) is 1. The fourth-order valence-corrected chi connectivity index (χ4v) is 2.48. The molecular weight excluding hydrogens is 360 g/mol. The number of hydrogen-bond donors (Lipinski definition) is 3. The van der Waals surface area contributed by atoms with Crippen LogP contribution in [0.15, 0.2) is 48.7 Å². The van der Waals surface area contributed by atoms with E-state index in [4.69, 9.17) is 16.3 Å². The Bertz CT molecular complexity index is 887. The summed E-state index contributed by atoms with van der Waals surface area (Å²) in [4.78, 5) is 15.8. The topological polar surface area (TPSA) is 109 Å². The number of amides is 1. The second-order valence-electron chi connectivity index (χ2n) is 5.56. The molecule has 0 aliphatic rings. The maximum Gasteiger partial charge on any atom is 0.407 e. The van der Waals surface area contributed by atoms with Crippen LogP contribution in [-0.4, -0.2) is 43.6 Å². The summed E-state index contributed by atoms with van der Waals surface area (Å²) in [6.07, 6.45) is -1.90. The summed E-state index contributed by atoms with van der Waals surface area (Å²) >= 11 is 5.84. The van der Waals surface area contributed by atoms with Crippen LogP contribution in [0.2, 0.25) is 5.15 Å². The van der Waals surface area contributed by atoms with Crippen LogP contribution in [0.4, 0.5) is 4.79 Å². The van der Waals surface area contributed by atoms with Crippen LogP contribution in [0, 0.1) is 0 Å². The van der Waals surface area contributed by atoms with Crippen LogP contribution in [0.25, 0.3) is 5.65 Å². The van der Waals surface area contributed by atoms with Gasteiger partial charge in [0.1, 0.15) is 24.0 Å². The number of benzene rings is 1. The summed E-state index contributed by atoms with van der Waals surface area (Å²) in [6, 6.07) is 12.4. The Labute approximate surface area is 154 Å². The van der Waals surface area contributed by atoms with E-state index in [2.05, 4.69) is 15.4 Å². The van der Waals surface area contributed by atoms with E-state index in [0.29, 0.717) is 5.65 Å². The molecule has 0 saturated heterocycles. The van der Waals surface area contributed by atoms with Gasteiger partial charge in [-0.05, 0) is 17.7 Å². The summed E-state index contributed by atoms with van der Waals surface area (Å²) in [6.45, 7) is -0.0937. The van der Waals surface area contributed by atoms with Crippen LogP contribution < -0.4 is 5.32 Å². The van der Waals surface area contributed by atoms with Crippen molar-refractivity contribution in [2.75, 3.05) is 6.54 Å². The molecule has 2 unspecified atom stereocenters. The molecule has 2 atom stereocenters. The zero-order valence-electron chi connectivity index (χ0n) is 13.6. The Morgan fingerprint density at radius 3 is 2.77 bits per heavy atom. The Kier molecular flexibility index (Phi) is 5.67. The number of imidazole rings is 1. The quantitative estimate of drug-likeness (QED) is 0.604. The Morgan fingerprint density at radius 2 is 2.00 bits per heavy atom. The highest BCUT2D eigenvalue weighted by molar-refractivity contribution is 6.29. The van der Waals surface area contributed by atoms with Crippen molar-refractivity contribution in [1.82, 2.24) is 19.9 Å². The summed E-state index contributed by atoms with van der Waals surface area (Å²) in [5.74, 6) is 0. The highest BCUT2D eigenvalue weighted by Gasteiger charge is 2.23. The molecule has 0 saturated carbocycles. The summed E-state index contributed by atoms with van der Waals surface area (Å²) in [5.41, 5.74) is 1.58. The van der Waals surface area contributed by atoms with Crippen LogP contribution in [0.5, 0.6) is 0 Å². The van der Waals surface area contributed by atoms with E-state index in [0.717, 1.165) is 5.56 Å². The number of aromatic nitrogens is 3. The maximum absolute atomic E-state index is 11.7. The second-order valence-corrected chi connectivity index (χ2v) is 5.95. The molecule has 3 N–H and O–H groups in total. The number of fused-ring (bicyclic) bond motifs is 1. The highest BCUT2D eigenvalue weighted by Crippen LogP contribution is 2.18. The molecule has 2 heterocycles. The van der Waals surface area contributed by atoms with Crippen molar-refractivity contribution < 1.29 is 19.7 Å². The van der Waals surface area contributed by atoms with Gasteiger partial charge in [0.2, 0.25) is 0 Å². The standard InChI is InChI=1S/C17H17ClN4O4/c18-14-6-7-15-19-8-12(22(15)21-14)16(24)13(23)9-20-17(25)26-10-11-4-2-1-3-5-11/h1-8,13,16,23-24H,9-10H2,(H,20,25). The monoisotopic (exact) mass is 376 g/mol. The van der Waals surface area contributed by atoms with Crippen molar-refractivity contribution >= 4 is 23.3 Å². The van der Waals surface area contributed by atoms with E-state index in [-0.39, 0.29) is 24.0 Å². The van der Waals surface area contributed by atoms with Crippen molar-refractivity contribution in [2.24, 2.45) is 0 Å². The molecule has 8 nitrogen and oxygen atoms in total. The first kappa shape index (κ1) is 18.1. The van der Waals surface area contributed by atoms with E-state index in [1.807, 2.05) is 30.3 Å². The molecule has 1 aromatic carbocycles. The largest absolute Gasteiger partial charge is 0.445 e. The number of ether oxygens (including phenoxy) is 1. The van der Waals surface area contributed by atoms with Gasteiger partial charge in [0.15, 0.2) is 5.65 Å². The third-order valence-corrected chi connectivity index (χ3v) is 3.89. The van der Waals surface area contributed by atoms with Gasteiger partial charge in [-0.1, -0.05) is 41.9 Å². The van der Waals surface area contributed by atoms with Crippen LogP contribution in [0.3, 0.4) is 0 Å².